The summed E-state index contributed by atoms with van der Waals surface area (Å²) in [6, 6.07) is 0. The fourth-order valence-corrected chi connectivity index (χ4v) is 0.826. The first-order valence-electron chi connectivity index (χ1n) is 3.99. The molecule has 0 amide bonds. The van der Waals surface area contributed by atoms with Gasteiger partial charge in [0.25, 0.3) is 0 Å². The molecule has 0 aromatic rings. The lowest BCUT2D eigenvalue weighted by Gasteiger charge is -2.15. The third-order valence-electron chi connectivity index (χ3n) is 1.62. The Labute approximate surface area is 72.9 Å². The summed E-state index contributed by atoms with van der Waals surface area (Å²) in [4.78, 5) is 16.9. The Morgan fingerprint density at radius 2 is 2.00 bits per heavy atom. The Morgan fingerprint density at radius 1 is 1.50 bits per heavy atom. The summed E-state index contributed by atoms with van der Waals surface area (Å²) in [5.74, 6) is 4.24. The molecule has 0 saturated carbocycles. The number of carbonyl (C=O) groups excluding carboxylic acids is 1. The summed E-state index contributed by atoms with van der Waals surface area (Å²) in [5, 5.41) is 0. The molecule has 0 aliphatic heterocycles. The summed E-state index contributed by atoms with van der Waals surface area (Å²) in [7, 11) is 0. The highest BCUT2D eigenvalue weighted by atomic mass is 16.7. The van der Waals surface area contributed by atoms with Gasteiger partial charge in [-0.1, -0.05) is 0 Å². The van der Waals surface area contributed by atoms with Crippen LogP contribution in [0.5, 0.6) is 0 Å². The van der Waals surface area contributed by atoms with E-state index in [0.717, 1.165) is 13.1 Å². The normalized spacial score (nSPS) is 11.2. The van der Waals surface area contributed by atoms with Crippen LogP contribution in [0.15, 0.2) is 11.8 Å². The van der Waals surface area contributed by atoms with Crippen molar-refractivity contribution in [2.75, 3.05) is 13.1 Å². The van der Waals surface area contributed by atoms with Crippen molar-refractivity contribution in [1.82, 2.24) is 4.90 Å². The number of nitrogens with zero attached hydrogens (tertiary/aromatic N) is 1. The van der Waals surface area contributed by atoms with Crippen molar-refractivity contribution in [2.45, 2.75) is 20.8 Å². The van der Waals surface area contributed by atoms with Gasteiger partial charge in [-0.2, -0.15) is 5.90 Å². The van der Waals surface area contributed by atoms with Crippen LogP contribution in [0.2, 0.25) is 0 Å². The fourth-order valence-electron chi connectivity index (χ4n) is 0.826. The third kappa shape index (κ3) is 3.39. The molecule has 0 atom stereocenters. The van der Waals surface area contributed by atoms with Gasteiger partial charge < -0.3 is 9.74 Å². The predicted molar refractivity (Wildman–Crippen MR) is 47.0 cm³/mol. The van der Waals surface area contributed by atoms with Crippen molar-refractivity contribution in [3.05, 3.63) is 11.8 Å². The molecule has 0 radical (unpaired) electrons. The molecule has 0 fully saturated rings. The highest BCUT2D eigenvalue weighted by Gasteiger charge is 2.04. The van der Waals surface area contributed by atoms with E-state index in [1.807, 2.05) is 18.7 Å². The molecular weight excluding hydrogens is 156 g/mol. The van der Waals surface area contributed by atoms with Crippen LogP contribution in [0, 0.1) is 0 Å². The van der Waals surface area contributed by atoms with E-state index in [2.05, 4.69) is 4.84 Å². The quantitative estimate of drug-likeness (QED) is 0.499. The summed E-state index contributed by atoms with van der Waals surface area (Å²) in [6.45, 7) is 7.44. The van der Waals surface area contributed by atoms with Crippen molar-refractivity contribution in [3.8, 4) is 0 Å². The lowest BCUT2D eigenvalue weighted by Crippen LogP contribution is -2.19. The molecule has 0 saturated heterocycles. The highest BCUT2D eigenvalue weighted by molar-refractivity contribution is 5.87. The van der Waals surface area contributed by atoms with Crippen molar-refractivity contribution >= 4 is 5.97 Å². The molecular formula is C8H16N2O2. The van der Waals surface area contributed by atoms with E-state index in [9.17, 15) is 4.79 Å². The van der Waals surface area contributed by atoms with Gasteiger partial charge >= 0.3 is 5.97 Å². The minimum absolute atomic E-state index is 0.484. The molecule has 0 aliphatic rings. The average Bonchev–Trinajstić information content (AvgIpc) is 2.12. The largest absolute Gasteiger partial charge is 0.377 e. The van der Waals surface area contributed by atoms with E-state index in [-0.39, 0.29) is 0 Å². The van der Waals surface area contributed by atoms with E-state index >= 15 is 0 Å². The van der Waals surface area contributed by atoms with Crippen molar-refractivity contribution in [2.24, 2.45) is 5.90 Å². The Hall–Kier alpha value is -1.03. The lowest BCUT2D eigenvalue weighted by atomic mass is 10.3. The highest BCUT2D eigenvalue weighted by Crippen LogP contribution is 1.98. The van der Waals surface area contributed by atoms with Gasteiger partial charge in [0.15, 0.2) is 0 Å². The minimum atomic E-state index is -0.484. The molecule has 4 heteroatoms. The topological polar surface area (TPSA) is 55.6 Å². The Kier molecular flexibility index (Phi) is 5.12. The van der Waals surface area contributed by atoms with Gasteiger partial charge in [0.1, 0.15) is 0 Å². The second kappa shape index (κ2) is 5.60. The standard InChI is InChI=1S/C8H16N2O2/c1-4-10(5-2)6-7(3)8(11)12-9/h6H,4-5,9H2,1-3H3. The summed E-state index contributed by atoms with van der Waals surface area (Å²) in [5.41, 5.74) is 0.515. The van der Waals surface area contributed by atoms with Crippen LogP contribution in [0.4, 0.5) is 0 Å². The third-order valence-corrected chi connectivity index (χ3v) is 1.62. The molecule has 12 heavy (non-hydrogen) atoms. The second-order valence-electron chi connectivity index (χ2n) is 2.44. The van der Waals surface area contributed by atoms with E-state index in [4.69, 9.17) is 5.90 Å². The summed E-state index contributed by atoms with van der Waals surface area (Å²) < 4.78 is 0. The Morgan fingerprint density at radius 3 is 2.33 bits per heavy atom. The van der Waals surface area contributed by atoms with Crippen LogP contribution >= 0.6 is 0 Å². The van der Waals surface area contributed by atoms with E-state index in [1.54, 1.807) is 13.1 Å². The van der Waals surface area contributed by atoms with Crippen LogP contribution in [0.3, 0.4) is 0 Å². The summed E-state index contributed by atoms with van der Waals surface area (Å²) >= 11 is 0. The lowest BCUT2D eigenvalue weighted by molar-refractivity contribution is -0.139. The maximum absolute atomic E-state index is 10.8. The maximum atomic E-state index is 10.8. The van der Waals surface area contributed by atoms with Gasteiger partial charge in [0.2, 0.25) is 0 Å². The zero-order chi connectivity index (χ0) is 9.56. The van der Waals surface area contributed by atoms with Crippen LogP contribution in [0.1, 0.15) is 20.8 Å². The Bertz CT molecular complexity index is 174. The first-order chi connectivity index (χ1) is 5.65. The number of hydrogen-bond donors (Lipinski definition) is 1. The molecule has 0 spiro atoms. The molecule has 2 N–H and O–H groups in total. The average molecular weight is 172 g/mol. The smallest absolute Gasteiger partial charge is 0.353 e. The molecule has 0 unspecified atom stereocenters. The van der Waals surface area contributed by atoms with Crippen molar-refractivity contribution in [3.63, 3.8) is 0 Å². The van der Waals surface area contributed by atoms with Gasteiger partial charge in [-0.3, -0.25) is 0 Å². The van der Waals surface area contributed by atoms with E-state index in [0.29, 0.717) is 5.57 Å². The monoisotopic (exact) mass is 172 g/mol. The van der Waals surface area contributed by atoms with Crippen molar-refractivity contribution in [1.29, 1.82) is 0 Å². The molecule has 0 aromatic heterocycles. The molecule has 0 heterocycles. The SMILES string of the molecule is CCN(C=C(C)C(=O)ON)CC. The van der Waals surface area contributed by atoms with Gasteiger partial charge in [0, 0.05) is 19.3 Å². The van der Waals surface area contributed by atoms with Crippen LogP contribution in [-0.2, 0) is 9.63 Å². The van der Waals surface area contributed by atoms with Gasteiger partial charge in [-0.25, -0.2) is 4.79 Å². The number of carbonyl (C=O) groups is 1. The van der Waals surface area contributed by atoms with Crippen LogP contribution in [0.25, 0.3) is 0 Å². The van der Waals surface area contributed by atoms with E-state index < -0.39 is 5.97 Å². The fraction of sp³-hybridized carbons (Fsp3) is 0.625. The summed E-state index contributed by atoms with van der Waals surface area (Å²) in [6.07, 6.45) is 1.75. The second-order valence-corrected chi connectivity index (χ2v) is 2.44. The Balaban J connectivity index is 4.21. The van der Waals surface area contributed by atoms with Crippen molar-refractivity contribution < 1.29 is 9.63 Å². The van der Waals surface area contributed by atoms with Crippen LogP contribution in [-0.4, -0.2) is 24.0 Å². The first kappa shape index (κ1) is 11.0. The predicted octanol–water partition coefficient (Wildman–Crippen LogP) is 0.649. The van der Waals surface area contributed by atoms with Gasteiger partial charge in [-0.15, -0.1) is 0 Å². The molecule has 70 valence electrons. The zero-order valence-corrected chi connectivity index (χ0v) is 7.83. The number of nitrogens with two attached hydrogens (primary N) is 1. The number of hydrogen-bond acceptors (Lipinski definition) is 4. The van der Waals surface area contributed by atoms with Gasteiger partial charge in [0.05, 0.1) is 5.57 Å². The molecule has 0 rings (SSSR count). The van der Waals surface area contributed by atoms with Crippen LogP contribution < -0.4 is 5.90 Å². The molecule has 4 nitrogen and oxygen atoms in total. The molecule has 0 aromatic carbocycles. The molecule has 0 bridgehead atoms. The van der Waals surface area contributed by atoms with E-state index in [1.165, 1.54) is 0 Å². The zero-order valence-electron chi connectivity index (χ0n) is 7.83. The number of rotatable bonds is 4. The first-order valence-corrected chi connectivity index (χ1v) is 3.99. The minimum Gasteiger partial charge on any atom is -0.377 e. The van der Waals surface area contributed by atoms with Gasteiger partial charge in [-0.05, 0) is 20.8 Å². The maximum Gasteiger partial charge on any atom is 0.353 e. The molecule has 0 aliphatic carbocycles.